The Morgan fingerprint density at radius 3 is 1.92 bits per heavy atom. The van der Waals surface area contributed by atoms with Crippen LogP contribution in [0.3, 0.4) is 0 Å². The van der Waals surface area contributed by atoms with Gasteiger partial charge in [0.25, 0.3) is 14.1 Å². The molecule has 0 radical (unpaired) electrons. The molecule has 4 atom stereocenters. The number of H-pyrrole nitrogens is 1. The number of hydrogen-bond donors (Lipinski definition) is 1. The van der Waals surface area contributed by atoms with Crippen molar-refractivity contribution in [3.8, 4) is 5.75 Å². The number of methoxy groups -OCH3 is 1. The lowest BCUT2D eigenvalue weighted by molar-refractivity contribution is -0.118. The number of halogens is 2. The number of aryl methyl sites for hydroxylation is 1. The summed E-state index contributed by atoms with van der Waals surface area (Å²) in [7, 11) is -0.136. The predicted molar refractivity (Wildman–Crippen MR) is 200 cm³/mol. The summed E-state index contributed by atoms with van der Waals surface area (Å²) in [5.41, 5.74) is 1.33. The highest BCUT2D eigenvalue weighted by atomic mass is 35.5. The van der Waals surface area contributed by atoms with E-state index in [4.69, 9.17) is 41.7 Å². The molecule has 1 saturated carbocycles. The zero-order valence-electron chi connectivity index (χ0n) is 29.3. The van der Waals surface area contributed by atoms with E-state index in [1.54, 1.807) is 24.8 Å². The van der Waals surface area contributed by atoms with Gasteiger partial charge in [-0.3, -0.25) is 18.9 Å². The maximum absolute atomic E-state index is 13.1. The van der Waals surface area contributed by atoms with Crippen LogP contribution < -0.4 is 16.0 Å². The Balaban J connectivity index is 1.66. The molecule has 268 valence electrons. The van der Waals surface area contributed by atoms with E-state index in [2.05, 4.69) is 61.6 Å². The van der Waals surface area contributed by atoms with Crippen molar-refractivity contribution in [2.24, 2.45) is 0 Å². The number of ether oxygens (including phenoxy) is 2. The fourth-order valence-electron chi connectivity index (χ4n) is 6.83. The Hall–Kier alpha value is -3.01. The minimum absolute atomic E-state index is 0.0449. The molecule has 1 aliphatic rings. The third-order valence-electron chi connectivity index (χ3n) is 9.07. The number of nitrogens with zero attached hydrogens (tertiary/aromatic N) is 2. The Morgan fingerprint density at radius 2 is 1.40 bits per heavy atom. The molecule has 4 aromatic rings. The van der Waals surface area contributed by atoms with E-state index in [9.17, 15) is 9.59 Å². The summed E-state index contributed by atoms with van der Waals surface area (Å²) in [6, 6.07) is 28.0. The average Bonchev–Trinajstić information content (AvgIpc) is 3.09. The normalized spacial score (nSPS) is 19.0. The van der Waals surface area contributed by atoms with Gasteiger partial charge in [-0.1, -0.05) is 96.0 Å². The molecule has 12 heteroatoms. The zero-order valence-corrected chi connectivity index (χ0v) is 31.7. The lowest BCUT2D eigenvalue weighted by Gasteiger charge is -2.45. The number of rotatable bonds is 14. The summed E-state index contributed by atoms with van der Waals surface area (Å²) >= 11 is 12.5. The molecule has 0 amide bonds. The summed E-state index contributed by atoms with van der Waals surface area (Å²) < 4.78 is 29.9. The molecule has 3 aromatic carbocycles. The van der Waals surface area contributed by atoms with Crippen LogP contribution in [0.2, 0.25) is 0 Å². The molecular weight excluding hydrogens is 696 g/mol. The summed E-state index contributed by atoms with van der Waals surface area (Å²) in [4.78, 5) is 27.9. The lowest BCUT2D eigenvalue weighted by atomic mass is 9.79. The fourth-order valence-corrected chi connectivity index (χ4v) is 8.85. The smallest absolute Gasteiger partial charge is 0.328 e. The summed E-state index contributed by atoms with van der Waals surface area (Å²) in [6.07, 6.45) is 2.11. The standard InChI is InChI=1S/C38H46Cl2N3O6P/c1-25(2)43(26(3)4)50(49-36(39)40)48-34-23-31(42-24-27(5)35(44)41-37(42)45)19-22-33(34)47-38(28-13-9-7-10-14-28,29-15-11-8-12-16-29)30-17-20-32(46-6)21-18-30/h7-18,20-21,24-26,31,33-34,36H,19,22-23H2,1-6H3,(H,41,44,45)/t31-,33-,34+,50?/m1/s1. The van der Waals surface area contributed by atoms with Crippen LogP contribution in [0.25, 0.3) is 0 Å². The third kappa shape index (κ3) is 8.54. The van der Waals surface area contributed by atoms with E-state index in [0.717, 1.165) is 22.4 Å². The van der Waals surface area contributed by atoms with E-state index in [1.165, 1.54) is 0 Å². The monoisotopic (exact) mass is 741 g/mol. The number of benzene rings is 3. The highest BCUT2D eigenvalue weighted by Gasteiger charge is 2.46. The van der Waals surface area contributed by atoms with Gasteiger partial charge < -0.3 is 14.0 Å². The maximum Gasteiger partial charge on any atom is 0.328 e. The van der Waals surface area contributed by atoms with Crippen LogP contribution in [-0.2, 0) is 19.4 Å². The second-order valence-electron chi connectivity index (χ2n) is 13.1. The van der Waals surface area contributed by atoms with Gasteiger partial charge in [0, 0.05) is 29.9 Å². The van der Waals surface area contributed by atoms with Crippen molar-refractivity contribution in [2.75, 3.05) is 7.11 Å². The molecule has 1 aromatic heterocycles. The van der Waals surface area contributed by atoms with Gasteiger partial charge in [0.1, 0.15) is 11.4 Å². The highest BCUT2D eigenvalue weighted by molar-refractivity contribution is 7.44. The minimum Gasteiger partial charge on any atom is -0.497 e. The molecule has 1 heterocycles. The first-order valence-corrected chi connectivity index (χ1v) is 18.9. The molecule has 1 N–H and O–H groups in total. The second-order valence-corrected chi connectivity index (χ2v) is 15.4. The predicted octanol–water partition coefficient (Wildman–Crippen LogP) is 8.46. The largest absolute Gasteiger partial charge is 0.497 e. The molecule has 0 bridgehead atoms. The molecule has 0 spiro atoms. The zero-order chi connectivity index (χ0) is 36.0. The van der Waals surface area contributed by atoms with E-state index in [0.29, 0.717) is 24.8 Å². The van der Waals surface area contributed by atoms with Crippen LogP contribution in [0, 0.1) is 6.92 Å². The van der Waals surface area contributed by atoms with Gasteiger partial charge in [-0.15, -0.1) is 0 Å². The van der Waals surface area contributed by atoms with Crippen LogP contribution in [0.4, 0.5) is 0 Å². The van der Waals surface area contributed by atoms with Crippen LogP contribution >= 0.6 is 31.7 Å². The Labute approximate surface area is 305 Å². The number of aromatic nitrogens is 2. The van der Waals surface area contributed by atoms with Crippen molar-refractivity contribution >= 4 is 31.7 Å². The number of nitrogens with one attached hydrogen (secondary N) is 1. The molecule has 1 unspecified atom stereocenters. The summed E-state index contributed by atoms with van der Waals surface area (Å²) in [6.45, 7) is 9.97. The molecule has 0 aliphatic heterocycles. The molecule has 0 saturated heterocycles. The topological polar surface area (TPSA) is 95.0 Å². The fraction of sp³-hybridized carbons (Fsp3) is 0.421. The van der Waals surface area contributed by atoms with Gasteiger partial charge >= 0.3 is 5.69 Å². The van der Waals surface area contributed by atoms with Gasteiger partial charge in [0.2, 0.25) is 5.02 Å². The number of hydrogen-bond acceptors (Lipinski definition) is 7. The first-order valence-electron chi connectivity index (χ1n) is 16.9. The molecule has 1 aliphatic carbocycles. The van der Waals surface area contributed by atoms with Gasteiger partial charge in [0.05, 0.1) is 19.3 Å². The molecule has 9 nitrogen and oxygen atoms in total. The van der Waals surface area contributed by atoms with Crippen molar-refractivity contribution in [2.45, 2.75) is 94.8 Å². The Kier molecular flexibility index (Phi) is 13.0. The van der Waals surface area contributed by atoms with Crippen molar-refractivity contribution in [3.63, 3.8) is 0 Å². The Bertz CT molecular complexity index is 1740. The van der Waals surface area contributed by atoms with Crippen molar-refractivity contribution in [1.29, 1.82) is 0 Å². The van der Waals surface area contributed by atoms with Gasteiger partial charge in [-0.25, -0.2) is 9.46 Å². The molecule has 5 rings (SSSR count). The van der Waals surface area contributed by atoms with E-state index in [1.807, 2.05) is 60.7 Å². The quantitative estimate of drug-likeness (QED) is 0.0787. The van der Waals surface area contributed by atoms with Crippen molar-refractivity contribution in [3.05, 3.63) is 134 Å². The number of alkyl halides is 2. The van der Waals surface area contributed by atoms with Crippen molar-refractivity contribution < 1.29 is 18.5 Å². The lowest BCUT2D eigenvalue weighted by Crippen LogP contribution is -2.47. The van der Waals surface area contributed by atoms with Crippen LogP contribution in [0.1, 0.15) is 75.3 Å². The van der Waals surface area contributed by atoms with E-state index >= 15 is 0 Å². The molecule has 1 fully saturated rings. The van der Waals surface area contributed by atoms with Gasteiger partial charge in [0.15, 0.2) is 0 Å². The van der Waals surface area contributed by atoms with Gasteiger partial charge in [-0.05, 0) is 82.7 Å². The summed E-state index contributed by atoms with van der Waals surface area (Å²) in [5, 5.41) is -1.13. The maximum atomic E-state index is 13.1. The van der Waals surface area contributed by atoms with Crippen molar-refractivity contribution in [1.82, 2.24) is 14.2 Å². The summed E-state index contributed by atoms with van der Waals surface area (Å²) in [5.74, 6) is 0.731. The number of aromatic amines is 1. The average molecular weight is 743 g/mol. The van der Waals surface area contributed by atoms with Crippen LogP contribution in [0.5, 0.6) is 5.75 Å². The SMILES string of the molecule is COc1ccc(C(O[C@@H]2CC[C@@H](n3cc(C)c(=O)[nH]c3=O)C[C@@H]2OP(OC(Cl)Cl)N(C(C)C)C(C)C)(c2ccccc2)c2ccccc2)cc1. The van der Waals surface area contributed by atoms with E-state index < -0.39 is 42.6 Å². The third-order valence-corrected chi connectivity index (χ3v) is 11.6. The van der Waals surface area contributed by atoms with Crippen LogP contribution in [0.15, 0.2) is 101 Å². The Morgan fingerprint density at radius 1 is 0.840 bits per heavy atom. The van der Waals surface area contributed by atoms with E-state index in [-0.39, 0.29) is 18.1 Å². The first-order chi connectivity index (χ1) is 23.9. The van der Waals surface area contributed by atoms with Crippen LogP contribution in [-0.4, -0.2) is 50.6 Å². The second kappa shape index (κ2) is 17.0. The van der Waals surface area contributed by atoms with Gasteiger partial charge in [-0.2, -0.15) is 0 Å². The minimum atomic E-state index is -1.78. The molecular formula is C38H46Cl2N3O6P. The first kappa shape index (κ1) is 38.2. The highest BCUT2D eigenvalue weighted by Crippen LogP contribution is 2.53. The molecule has 50 heavy (non-hydrogen) atoms.